The molecule has 0 aliphatic heterocycles. The summed E-state index contributed by atoms with van der Waals surface area (Å²) in [6.45, 7) is 7.01. The minimum absolute atomic E-state index is 0.860. The molecule has 0 fully saturated rings. The molecule has 0 aliphatic carbocycles. The van der Waals surface area contributed by atoms with Gasteiger partial charge in [0.15, 0.2) is 0 Å². The first-order chi connectivity index (χ1) is 3.72. The summed E-state index contributed by atoms with van der Waals surface area (Å²) in [5.74, 6) is 0. The van der Waals surface area contributed by atoms with Crippen molar-refractivity contribution in [1.29, 1.82) is 0 Å². The molecule has 0 aliphatic rings. The van der Waals surface area contributed by atoms with Gasteiger partial charge < -0.3 is 0 Å². The summed E-state index contributed by atoms with van der Waals surface area (Å²) in [4.78, 5) is 0. The molecule has 1 nitrogen and oxygen atoms in total. The molecule has 0 radical (unpaired) electrons. The minimum atomic E-state index is -0.860. The van der Waals surface area contributed by atoms with Crippen LogP contribution in [-0.2, 0) is 0 Å². The van der Waals surface area contributed by atoms with Crippen LogP contribution in [0.25, 0.3) is 0 Å². The van der Waals surface area contributed by atoms with Crippen molar-refractivity contribution in [2.75, 3.05) is 13.1 Å². The van der Waals surface area contributed by atoms with Crippen molar-refractivity contribution in [3.63, 3.8) is 0 Å². The van der Waals surface area contributed by atoms with E-state index in [1.807, 2.05) is 0 Å². The van der Waals surface area contributed by atoms with Gasteiger partial charge >= 0.3 is 58.0 Å². The number of hydrogen-bond acceptors (Lipinski definition) is 1. The van der Waals surface area contributed by atoms with E-state index in [9.17, 15) is 0 Å². The third kappa shape index (κ3) is 2.80. The molecule has 2 heteroatoms. The summed E-state index contributed by atoms with van der Waals surface area (Å²) in [6, 6.07) is 0. The zero-order chi connectivity index (χ0) is 6.57. The molecule has 0 amide bonds. The molecular formula is C6H16GaN. The summed E-state index contributed by atoms with van der Waals surface area (Å²) in [5.41, 5.74) is 4.83. The van der Waals surface area contributed by atoms with E-state index in [0.717, 1.165) is 0 Å². The van der Waals surface area contributed by atoms with Crippen LogP contribution in [0.15, 0.2) is 0 Å². The Morgan fingerprint density at radius 2 is 1.50 bits per heavy atom. The van der Waals surface area contributed by atoms with Gasteiger partial charge in [0.1, 0.15) is 0 Å². The second kappa shape index (κ2) is 4.47. The van der Waals surface area contributed by atoms with Crippen LogP contribution in [0.3, 0.4) is 0 Å². The van der Waals surface area contributed by atoms with Crippen LogP contribution >= 0.6 is 0 Å². The first-order valence-corrected chi connectivity index (χ1v) is 9.39. The second-order valence-electron chi connectivity index (χ2n) is 2.31. The summed E-state index contributed by atoms with van der Waals surface area (Å²) >= 11 is -0.860. The average molecular weight is 172 g/mol. The Labute approximate surface area is 58.4 Å². The van der Waals surface area contributed by atoms with Crippen LogP contribution in [0.2, 0.25) is 11.0 Å². The van der Waals surface area contributed by atoms with Crippen molar-refractivity contribution in [1.82, 2.24) is 3.61 Å². The van der Waals surface area contributed by atoms with Crippen LogP contribution in [0.4, 0.5) is 0 Å². The summed E-state index contributed by atoms with van der Waals surface area (Å²) in [6.07, 6.45) is 0. The second-order valence-corrected chi connectivity index (χ2v) is 8.44. The molecule has 0 atom stereocenters. The van der Waals surface area contributed by atoms with Gasteiger partial charge in [-0.1, -0.05) is 0 Å². The Hall–Kier alpha value is 0.596. The van der Waals surface area contributed by atoms with Gasteiger partial charge in [0.2, 0.25) is 0 Å². The van der Waals surface area contributed by atoms with Crippen molar-refractivity contribution in [3.05, 3.63) is 0 Å². The van der Waals surface area contributed by atoms with Crippen molar-refractivity contribution >= 4 is 16.5 Å². The zero-order valence-electron chi connectivity index (χ0n) is 6.44. The molecule has 48 valence electrons. The van der Waals surface area contributed by atoms with E-state index in [0.29, 0.717) is 0 Å². The Bertz CT molecular complexity index is 50.5. The predicted molar refractivity (Wildman–Crippen MR) is 40.4 cm³/mol. The zero-order valence-corrected chi connectivity index (χ0v) is 8.86. The molecular weight excluding hydrogens is 156 g/mol. The quantitative estimate of drug-likeness (QED) is 0.584. The van der Waals surface area contributed by atoms with Crippen LogP contribution in [-0.4, -0.2) is 33.2 Å². The molecule has 0 saturated carbocycles. The van der Waals surface area contributed by atoms with E-state index in [2.05, 4.69) is 28.4 Å². The Balaban J connectivity index is 3.35. The van der Waals surface area contributed by atoms with E-state index in [4.69, 9.17) is 0 Å². The van der Waals surface area contributed by atoms with Gasteiger partial charge in [-0.25, -0.2) is 0 Å². The van der Waals surface area contributed by atoms with Gasteiger partial charge in [-0.15, -0.1) is 0 Å². The van der Waals surface area contributed by atoms with Gasteiger partial charge in [-0.05, 0) is 0 Å². The predicted octanol–water partition coefficient (Wildman–Crippen LogP) is 1.58. The average Bonchev–Trinajstić information content (AvgIpc) is 1.69. The molecule has 0 aromatic carbocycles. The van der Waals surface area contributed by atoms with Crippen LogP contribution in [0.1, 0.15) is 13.8 Å². The van der Waals surface area contributed by atoms with Crippen LogP contribution in [0.5, 0.6) is 0 Å². The van der Waals surface area contributed by atoms with Crippen LogP contribution in [0, 0.1) is 0 Å². The van der Waals surface area contributed by atoms with Gasteiger partial charge in [-0.3, -0.25) is 0 Å². The van der Waals surface area contributed by atoms with E-state index < -0.39 is 16.5 Å². The molecule has 0 aromatic rings. The van der Waals surface area contributed by atoms with E-state index >= 15 is 0 Å². The monoisotopic (exact) mass is 171 g/mol. The summed E-state index contributed by atoms with van der Waals surface area (Å²) in [7, 11) is 0. The number of rotatable bonds is 3. The molecule has 0 aromatic heterocycles. The molecule has 0 spiro atoms. The van der Waals surface area contributed by atoms with Crippen molar-refractivity contribution < 1.29 is 0 Å². The number of nitrogens with zero attached hydrogens (tertiary/aromatic N) is 1. The van der Waals surface area contributed by atoms with Crippen molar-refractivity contribution in [2.45, 2.75) is 24.8 Å². The molecule has 0 rings (SSSR count). The fourth-order valence-electron chi connectivity index (χ4n) is 0.954. The normalized spacial score (nSPS) is 10.1. The molecule has 0 heterocycles. The molecule has 8 heavy (non-hydrogen) atoms. The standard InChI is InChI=1S/C4H10N.2CH3.Ga/c1-3-5-4-2;;;/h3-4H2,1-2H3;2*1H3;/q-1;;;+1. The van der Waals surface area contributed by atoms with Crippen molar-refractivity contribution in [2.24, 2.45) is 0 Å². The van der Waals surface area contributed by atoms with E-state index in [1.54, 1.807) is 0 Å². The van der Waals surface area contributed by atoms with Gasteiger partial charge in [0.25, 0.3) is 0 Å². The van der Waals surface area contributed by atoms with Gasteiger partial charge in [0.05, 0.1) is 0 Å². The third-order valence-electron chi connectivity index (χ3n) is 1.54. The van der Waals surface area contributed by atoms with Gasteiger partial charge in [0, 0.05) is 0 Å². The maximum atomic E-state index is 2.60. The molecule has 0 N–H and O–H groups in total. The van der Waals surface area contributed by atoms with Gasteiger partial charge in [-0.2, -0.15) is 0 Å². The molecule has 0 saturated heterocycles. The topological polar surface area (TPSA) is 3.24 Å². The Morgan fingerprint density at radius 3 is 1.50 bits per heavy atom. The fraction of sp³-hybridized carbons (Fsp3) is 1.00. The summed E-state index contributed by atoms with van der Waals surface area (Å²) in [5, 5.41) is 0. The Kier molecular flexibility index (Phi) is 4.81. The number of hydrogen-bond donors (Lipinski definition) is 0. The summed E-state index contributed by atoms with van der Waals surface area (Å²) < 4.78 is 2.60. The Morgan fingerprint density at radius 1 is 1.12 bits per heavy atom. The molecule has 0 unspecified atom stereocenters. The van der Waals surface area contributed by atoms with Crippen LogP contribution < -0.4 is 0 Å². The van der Waals surface area contributed by atoms with Crippen molar-refractivity contribution in [3.8, 4) is 0 Å². The first kappa shape index (κ1) is 8.60. The first-order valence-electron chi connectivity index (χ1n) is 3.46. The maximum absolute atomic E-state index is 2.60. The van der Waals surface area contributed by atoms with E-state index in [-0.39, 0.29) is 0 Å². The van der Waals surface area contributed by atoms with E-state index in [1.165, 1.54) is 13.1 Å². The molecule has 0 bridgehead atoms. The fourth-order valence-corrected chi connectivity index (χ4v) is 4.02. The third-order valence-corrected chi connectivity index (χ3v) is 6.14. The SMILES string of the molecule is CC[N](CC)[Ga]([CH3])[CH3].